The zero-order valence-corrected chi connectivity index (χ0v) is 34.2. The van der Waals surface area contributed by atoms with Crippen LogP contribution < -0.4 is 14.7 Å². The van der Waals surface area contributed by atoms with Gasteiger partial charge in [0.15, 0.2) is 0 Å². The van der Waals surface area contributed by atoms with Gasteiger partial charge in [-0.05, 0) is 91.0 Å². The molecule has 5 nitrogen and oxygen atoms in total. The van der Waals surface area contributed by atoms with E-state index in [1.807, 2.05) is 12.1 Å². The summed E-state index contributed by atoms with van der Waals surface area (Å²) in [5.41, 5.74) is 12.5. The molecule has 10 aromatic carbocycles. The van der Waals surface area contributed by atoms with Gasteiger partial charge in [-0.1, -0.05) is 140 Å². The number of nitrogens with zero attached hydrogens (tertiary/aromatic N) is 3. The highest BCUT2D eigenvalue weighted by molar-refractivity contribution is 6.24. The van der Waals surface area contributed by atoms with Gasteiger partial charge >= 0.3 is 0 Å². The number of furan rings is 2. The van der Waals surface area contributed by atoms with Gasteiger partial charge in [0.25, 0.3) is 0 Å². The third-order valence-electron chi connectivity index (χ3n) is 12.0. The first-order valence-corrected chi connectivity index (χ1v) is 21.3. The molecule has 0 aliphatic carbocycles. The summed E-state index contributed by atoms with van der Waals surface area (Å²) in [5.74, 6) is 0. The lowest BCUT2D eigenvalue weighted by atomic mass is 10.00. The molecule has 0 saturated carbocycles. The van der Waals surface area contributed by atoms with Crippen molar-refractivity contribution in [2.75, 3.05) is 14.7 Å². The van der Waals surface area contributed by atoms with Crippen LogP contribution in [0.4, 0.5) is 51.2 Å². The molecule has 298 valence electrons. The summed E-state index contributed by atoms with van der Waals surface area (Å²) < 4.78 is 13.8. The first kappa shape index (κ1) is 36.3. The summed E-state index contributed by atoms with van der Waals surface area (Å²) >= 11 is 0. The number of benzene rings is 10. The standard InChI is InChI=1S/C58H39N3O2/c1-6-21-40(22-7-1)59(41-23-8-2-9-24-41)51-39-49-57-52(60(42-25-10-3-11-26-42)43-27-12-4-13-28-43)37-45(38-55(57)63-58(49)47-32-17-16-31-46(47)51)61(44-29-14-5-15-30-44)50-34-20-36-54-56(50)48-33-18-19-35-53(48)62-54/h1-39H. The normalized spacial score (nSPS) is 11.5. The number of hydrogen-bond acceptors (Lipinski definition) is 5. The second kappa shape index (κ2) is 15.2. The van der Waals surface area contributed by atoms with Gasteiger partial charge in [0.1, 0.15) is 22.3 Å². The molecule has 0 N–H and O–H groups in total. The summed E-state index contributed by atoms with van der Waals surface area (Å²) in [6.07, 6.45) is 0. The minimum Gasteiger partial charge on any atom is -0.456 e. The molecular formula is C58H39N3O2. The second-order valence-electron chi connectivity index (χ2n) is 15.7. The summed E-state index contributed by atoms with van der Waals surface area (Å²) in [6, 6.07) is 83.1. The Bertz CT molecular complexity index is 3490. The van der Waals surface area contributed by atoms with Crippen molar-refractivity contribution in [3.05, 3.63) is 237 Å². The summed E-state index contributed by atoms with van der Waals surface area (Å²) in [5, 5.41) is 6.25. The predicted octanol–water partition coefficient (Wildman–Crippen LogP) is 17.0. The van der Waals surface area contributed by atoms with Gasteiger partial charge in [0, 0.05) is 56.0 Å². The number of fused-ring (bicyclic) bond motifs is 8. The molecule has 0 amide bonds. The van der Waals surface area contributed by atoms with Crippen LogP contribution in [0.1, 0.15) is 0 Å². The molecule has 2 aromatic heterocycles. The topological polar surface area (TPSA) is 36.0 Å². The monoisotopic (exact) mass is 809 g/mol. The maximum absolute atomic E-state index is 7.29. The molecule has 0 bridgehead atoms. The van der Waals surface area contributed by atoms with Crippen LogP contribution in [-0.2, 0) is 0 Å². The molecule has 0 aliphatic rings. The maximum atomic E-state index is 7.29. The molecule has 0 radical (unpaired) electrons. The highest BCUT2D eigenvalue weighted by atomic mass is 16.3. The zero-order valence-electron chi connectivity index (χ0n) is 34.2. The molecular weight excluding hydrogens is 771 g/mol. The van der Waals surface area contributed by atoms with E-state index in [1.54, 1.807) is 0 Å². The van der Waals surface area contributed by atoms with Gasteiger partial charge in [-0.2, -0.15) is 0 Å². The van der Waals surface area contributed by atoms with Crippen molar-refractivity contribution >= 4 is 106 Å². The van der Waals surface area contributed by atoms with Crippen molar-refractivity contribution < 1.29 is 8.83 Å². The van der Waals surface area contributed by atoms with E-state index < -0.39 is 0 Å². The van der Waals surface area contributed by atoms with Gasteiger partial charge in [0.2, 0.25) is 0 Å². The molecule has 12 aromatic rings. The van der Waals surface area contributed by atoms with Crippen LogP contribution in [0.5, 0.6) is 0 Å². The SMILES string of the molecule is c1ccc(N(c2ccccc2)c2cc3c(oc4cc(N(c5ccccc5)c5cccc6oc7ccccc7c56)cc(N(c5ccccc5)c5ccccc5)c43)c3ccccc23)cc1. The Balaban J connectivity index is 1.22. The van der Waals surface area contributed by atoms with E-state index in [2.05, 4.69) is 239 Å². The Labute approximate surface area is 364 Å². The molecule has 63 heavy (non-hydrogen) atoms. The average Bonchev–Trinajstić information content (AvgIpc) is 3.93. The third-order valence-corrected chi connectivity index (χ3v) is 12.0. The molecule has 12 rings (SSSR count). The lowest BCUT2D eigenvalue weighted by Gasteiger charge is -2.30. The largest absolute Gasteiger partial charge is 0.456 e. The van der Waals surface area contributed by atoms with Crippen molar-refractivity contribution in [3.8, 4) is 0 Å². The van der Waals surface area contributed by atoms with Crippen LogP contribution >= 0.6 is 0 Å². The van der Waals surface area contributed by atoms with E-state index in [4.69, 9.17) is 8.83 Å². The second-order valence-corrected chi connectivity index (χ2v) is 15.7. The van der Waals surface area contributed by atoms with Crippen LogP contribution in [0.3, 0.4) is 0 Å². The molecule has 5 heteroatoms. The summed E-state index contributed by atoms with van der Waals surface area (Å²) in [4.78, 5) is 7.05. The quantitative estimate of drug-likeness (QED) is 0.145. The lowest BCUT2D eigenvalue weighted by molar-refractivity contribution is 0.669. The first-order valence-electron chi connectivity index (χ1n) is 21.3. The number of anilines is 9. The third kappa shape index (κ3) is 6.17. The molecule has 0 spiro atoms. The number of para-hydroxylation sites is 6. The Morgan fingerprint density at radius 2 is 0.667 bits per heavy atom. The smallest absolute Gasteiger partial charge is 0.143 e. The van der Waals surface area contributed by atoms with E-state index in [1.165, 1.54) is 0 Å². The Hall–Kier alpha value is -8.54. The van der Waals surface area contributed by atoms with Crippen molar-refractivity contribution in [2.24, 2.45) is 0 Å². The van der Waals surface area contributed by atoms with Gasteiger partial charge in [-0.3, -0.25) is 0 Å². The summed E-state index contributed by atoms with van der Waals surface area (Å²) in [6.45, 7) is 0. The average molecular weight is 810 g/mol. The summed E-state index contributed by atoms with van der Waals surface area (Å²) in [7, 11) is 0. The van der Waals surface area contributed by atoms with Crippen LogP contribution in [0.25, 0.3) is 54.6 Å². The lowest BCUT2D eigenvalue weighted by Crippen LogP contribution is -2.14. The van der Waals surface area contributed by atoms with Crippen LogP contribution in [-0.4, -0.2) is 0 Å². The van der Waals surface area contributed by atoms with Gasteiger partial charge < -0.3 is 23.5 Å². The molecule has 0 atom stereocenters. The Morgan fingerprint density at radius 1 is 0.238 bits per heavy atom. The van der Waals surface area contributed by atoms with Crippen molar-refractivity contribution in [3.63, 3.8) is 0 Å². The maximum Gasteiger partial charge on any atom is 0.143 e. The van der Waals surface area contributed by atoms with Crippen molar-refractivity contribution in [1.29, 1.82) is 0 Å². The van der Waals surface area contributed by atoms with E-state index in [-0.39, 0.29) is 0 Å². The minimum atomic E-state index is 0.771. The van der Waals surface area contributed by atoms with Crippen LogP contribution in [0.2, 0.25) is 0 Å². The highest BCUT2D eigenvalue weighted by Gasteiger charge is 2.27. The molecule has 0 fully saturated rings. The number of rotatable bonds is 9. The first-order chi connectivity index (χ1) is 31.3. The van der Waals surface area contributed by atoms with E-state index in [9.17, 15) is 0 Å². The van der Waals surface area contributed by atoms with Crippen molar-refractivity contribution in [2.45, 2.75) is 0 Å². The Morgan fingerprint density at radius 3 is 1.22 bits per heavy atom. The van der Waals surface area contributed by atoms with Crippen LogP contribution in [0, 0.1) is 0 Å². The predicted molar refractivity (Wildman–Crippen MR) is 263 cm³/mol. The fourth-order valence-corrected chi connectivity index (χ4v) is 9.27. The number of hydrogen-bond donors (Lipinski definition) is 0. The van der Waals surface area contributed by atoms with E-state index in [0.717, 1.165) is 106 Å². The van der Waals surface area contributed by atoms with Crippen LogP contribution in [0.15, 0.2) is 245 Å². The van der Waals surface area contributed by atoms with E-state index in [0.29, 0.717) is 0 Å². The minimum absolute atomic E-state index is 0.771. The fraction of sp³-hybridized carbons (Fsp3) is 0. The Kier molecular flexibility index (Phi) is 8.75. The fourth-order valence-electron chi connectivity index (χ4n) is 9.27. The van der Waals surface area contributed by atoms with Crippen molar-refractivity contribution in [1.82, 2.24) is 0 Å². The van der Waals surface area contributed by atoms with Gasteiger partial charge in [-0.15, -0.1) is 0 Å². The molecule has 0 unspecified atom stereocenters. The molecule has 0 saturated heterocycles. The van der Waals surface area contributed by atoms with E-state index >= 15 is 0 Å². The van der Waals surface area contributed by atoms with Gasteiger partial charge in [0.05, 0.1) is 33.5 Å². The highest BCUT2D eigenvalue weighted by Crippen LogP contribution is 2.51. The zero-order chi connectivity index (χ0) is 41.7. The molecule has 0 aliphatic heterocycles. The molecule has 2 heterocycles. The van der Waals surface area contributed by atoms with Gasteiger partial charge in [-0.25, -0.2) is 0 Å².